The van der Waals surface area contributed by atoms with E-state index in [0.29, 0.717) is 5.56 Å². The molecule has 0 N–H and O–H groups in total. The minimum Gasteiger partial charge on any atom is -0.457 e. The van der Waals surface area contributed by atoms with Gasteiger partial charge in [0.05, 0.1) is 16.9 Å². The van der Waals surface area contributed by atoms with E-state index in [1.54, 1.807) is 18.2 Å². The first-order chi connectivity index (χ1) is 13.8. The van der Waals surface area contributed by atoms with Crippen LogP contribution in [0.1, 0.15) is 21.7 Å². The molecule has 0 bridgehead atoms. The molecule has 0 atom stereocenters. The topological polar surface area (TPSA) is 82.8 Å². The fourth-order valence-electron chi connectivity index (χ4n) is 2.53. The van der Waals surface area contributed by atoms with Gasteiger partial charge >= 0.3 is 12.6 Å². The highest BCUT2D eigenvalue weighted by Gasteiger charge is 2.23. The van der Waals surface area contributed by atoms with Crippen LogP contribution in [0.2, 0.25) is 0 Å². The van der Waals surface area contributed by atoms with Gasteiger partial charge in [-0.3, -0.25) is 0 Å². The molecular formula is C20H16F2O6S. The number of carbonyl (C=O) groups is 1. The van der Waals surface area contributed by atoms with Crippen molar-refractivity contribution in [2.24, 2.45) is 0 Å². The van der Waals surface area contributed by atoms with Crippen molar-refractivity contribution in [2.75, 3.05) is 0 Å². The molecule has 3 rings (SSSR count). The van der Waals surface area contributed by atoms with Gasteiger partial charge in [-0.2, -0.15) is 8.78 Å². The Bertz CT molecular complexity index is 1060. The zero-order valence-corrected chi connectivity index (χ0v) is 15.8. The monoisotopic (exact) mass is 422 g/mol. The van der Waals surface area contributed by atoms with Crippen LogP contribution in [-0.2, 0) is 26.9 Å². The number of esters is 1. The third-order valence-corrected chi connectivity index (χ3v) is 5.58. The summed E-state index contributed by atoms with van der Waals surface area (Å²) >= 11 is 0. The first-order valence-corrected chi connectivity index (χ1v) is 10.1. The van der Waals surface area contributed by atoms with E-state index in [1.165, 1.54) is 48.7 Å². The molecule has 0 saturated carbocycles. The van der Waals surface area contributed by atoms with Gasteiger partial charge in [0.2, 0.25) is 5.76 Å². The molecule has 6 nitrogen and oxygen atoms in total. The van der Waals surface area contributed by atoms with Crippen molar-refractivity contribution in [3.05, 3.63) is 83.8 Å². The molecule has 1 heterocycles. The van der Waals surface area contributed by atoms with E-state index >= 15 is 0 Å². The summed E-state index contributed by atoms with van der Waals surface area (Å²) in [4.78, 5) is 12.4. The molecule has 1 aromatic heterocycles. The molecule has 0 aliphatic carbocycles. The van der Waals surface area contributed by atoms with Crippen molar-refractivity contribution in [1.29, 1.82) is 0 Å². The molecule has 0 fully saturated rings. The molecule has 0 saturated heterocycles. The van der Waals surface area contributed by atoms with Crippen LogP contribution < -0.4 is 4.74 Å². The van der Waals surface area contributed by atoms with Gasteiger partial charge in [0.25, 0.3) is 0 Å². The van der Waals surface area contributed by atoms with E-state index < -0.39 is 28.2 Å². The highest BCUT2D eigenvalue weighted by molar-refractivity contribution is 7.90. The van der Waals surface area contributed by atoms with Crippen LogP contribution in [0.5, 0.6) is 5.75 Å². The predicted octanol–water partition coefficient (Wildman–Crippen LogP) is 4.21. The maximum atomic E-state index is 12.5. The quantitative estimate of drug-likeness (QED) is 0.506. The molecule has 0 aliphatic rings. The first kappa shape index (κ1) is 20.5. The van der Waals surface area contributed by atoms with Crippen molar-refractivity contribution in [2.45, 2.75) is 23.9 Å². The van der Waals surface area contributed by atoms with Crippen molar-refractivity contribution < 1.29 is 35.9 Å². The number of alkyl halides is 2. The fraction of sp³-hybridized carbons (Fsp3) is 0.150. The average molecular weight is 422 g/mol. The molecule has 29 heavy (non-hydrogen) atoms. The number of hydrogen-bond donors (Lipinski definition) is 0. The summed E-state index contributed by atoms with van der Waals surface area (Å²) in [5, 5.41) is 0. The van der Waals surface area contributed by atoms with Gasteiger partial charge in [-0.05, 0) is 35.9 Å². The second kappa shape index (κ2) is 8.87. The van der Waals surface area contributed by atoms with Gasteiger partial charge < -0.3 is 13.9 Å². The Morgan fingerprint density at radius 3 is 2.34 bits per heavy atom. The number of rotatable bonds is 8. The summed E-state index contributed by atoms with van der Waals surface area (Å²) in [6.07, 6.45) is 1.21. The summed E-state index contributed by atoms with van der Waals surface area (Å²) in [7, 11) is -3.66. The van der Waals surface area contributed by atoms with E-state index in [4.69, 9.17) is 9.15 Å². The summed E-state index contributed by atoms with van der Waals surface area (Å²) < 4.78 is 63.8. The van der Waals surface area contributed by atoms with Crippen molar-refractivity contribution in [1.82, 2.24) is 0 Å². The van der Waals surface area contributed by atoms with E-state index in [9.17, 15) is 22.0 Å². The van der Waals surface area contributed by atoms with Crippen LogP contribution in [0.25, 0.3) is 0 Å². The second-order valence-electron chi connectivity index (χ2n) is 5.95. The van der Waals surface area contributed by atoms with Gasteiger partial charge in [-0.25, -0.2) is 13.2 Å². The lowest BCUT2D eigenvalue weighted by molar-refractivity contribution is -0.0498. The molecule has 0 radical (unpaired) electrons. The Morgan fingerprint density at radius 2 is 1.69 bits per heavy atom. The molecule has 0 amide bonds. The summed E-state index contributed by atoms with van der Waals surface area (Å²) in [6, 6.07) is 14.8. The summed E-state index contributed by atoms with van der Waals surface area (Å²) in [5.41, 5.74) is 0.713. The molecular weight excluding hydrogens is 406 g/mol. The Hall–Kier alpha value is -3.20. The largest absolute Gasteiger partial charge is 0.457 e. The molecule has 0 unspecified atom stereocenters. The number of ether oxygens (including phenoxy) is 2. The molecule has 0 aliphatic heterocycles. The van der Waals surface area contributed by atoms with Crippen LogP contribution in [-0.4, -0.2) is 21.0 Å². The summed E-state index contributed by atoms with van der Waals surface area (Å²) in [5.74, 6) is -1.48. The third kappa shape index (κ3) is 5.41. The van der Waals surface area contributed by atoms with Crippen LogP contribution >= 0.6 is 0 Å². The van der Waals surface area contributed by atoms with E-state index in [-0.39, 0.29) is 28.6 Å². The molecule has 3 aromatic rings. The van der Waals surface area contributed by atoms with Gasteiger partial charge in [-0.1, -0.05) is 30.3 Å². The Morgan fingerprint density at radius 1 is 1.00 bits per heavy atom. The number of hydrogen-bond acceptors (Lipinski definition) is 6. The third-order valence-electron chi connectivity index (χ3n) is 3.90. The molecule has 0 spiro atoms. The van der Waals surface area contributed by atoms with E-state index in [0.717, 1.165) is 0 Å². The Kier molecular flexibility index (Phi) is 6.28. The normalized spacial score (nSPS) is 11.4. The van der Waals surface area contributed by atoms with E-state index in [1.807, 2.05) is 0 Å². The predicted molar refractivity (Wildman–Crippen MR) is 98.2 cm³/mol. The maximum absolute atomic E-state index is 12.5. The number of sulfone groups is 1. The van der Waals surface area contributed by atoms with Crippen molar-refractivity contribution in [3.8, 4) is 5.75 Å². The van der Waals surface area contributed by atoms with Gasteiger partial charge in [0, 0.05) is 5.56 Å². The number of halogens is 2. The average Bonchev–Trinajstić information content (AvgIpc) is 3.15. The molecule has 2 aromatic carbocycles. The summed E-state index contributed by atoms with van der Waals surface area (Å²) in [6.45, 7) is -3.08. The fourth-order valence-corrected chi connectivity index (χ4v) is 3.90. The van der Waals surface area contributed by atoms with Gasteiger partial charge in [0.15, 0.2) is 9.84 Å². The molecule has 9 heteroatoms. The Balaban J connectivity index is 1.65. The second-order valence-corrected chi connectivity index (χ2v) is 7.94. The van der Waals surface area contributed by atoms with Crippen LogP contribution in [0.4, 0.5) is 8.78 Å². The highest BCUT2D eigenvalue weighted by Crippen LogP contribution is 2.21. The SMILES string of the molecule is O=C(OCc1ccc(OC(F)F)cc1)c1occc1CS(=O)(=O)c1ccccc1. The Labute approximate surface area is 165 Å². The number of furan rings is 1. The smallest absolute Gasteiger partial charge is 0.387 e. The highest BCUT2D eigenvalue weighted by atomic mass is 32.2. The zero-order valence-electron chi connectivity index (χ0n) is 15.0. The van der Waals surface area contributed by atoms with Crippen LogP contribution in [0.15, 0.2) is 76.2 Å². The lowest BCUT2D eigenvalue weighted by Crippen LogP contribution is -2.10. The van der Waals surface area contributed by atoms with Gasteiger partial charge in [-0.15, -0.1) is 0 Å². The number of benzene rings is 2. The maximum Gasteiger partial charge on any atom is 0.387 e. The van der Waals surface area contributed by atoms with E-state index in [2.05, 4.69) is 4.74 Å². The van der Waals surface area contributed by atoms with Crippen molar-refractivity contribution >= 4 is 15.8 Å². The zero-order chi connectivity index (χ0) is 20.9. The lowest BCUT2D eigenvalue weighted by Gasteiger charge is -2.07. The van der Waals surface area contributed by atoms with Crippen LogP contribution in [0, 0.1) is 0 Å². The van der Waals surface area contributed by atoms with Crippen molar-refractivity contribution in [3.63, 3.8) is 0 Å². The minimum absolute atomic E-state index is 0.0190. The minimum atomic E-state index is -3.66. The lowest BCUT2D eigenvalue weighted by atomic mass is 10.2. The van der Waals surface area contributed by atoms with Gasteiger partial charge in [0.1, 0.15) is 12.4 Å². The standard InChI is InChI=1S/C20H16F2O6S/c21-20(22)28-16-8-6-14(7-9-16)12-27-19(23)18-15(10-11-26-18)13-29(24,25)17-4-2-1-3-5-17/h1-11,20H,12-13H2. The molecule has 152 valence electrons. The number of carbonyl (C=O) groups excluding carboxylic acids is 1. The van der Waals surface area contributed by atoms with Crippen LogP contribution in [0.3, 0.4) is 0 Å². The first-order valence-electron chi connectivity index (χ1n) is 8.40.